The Morgan fingerprint density at radius 3 is 2.65 bits per heavy atom. The minimum absolute atomic E-state index is 0.304. The second-order valence-electron chi connectivity index (χ2n) is 4.32. The number of unbranched alkanes of at least 4 members (excludes halogenated alkanes) is 3. The summed E-state index contributed by atoms with van der Waals surface area (Å²) in [5.74, 6) is 4.33. The molecule has 0 amide bonds. The van der Waals surface area contributed by atoms with Crippen LogP contribution in [0.5, 0.6) is 11.5 Å². The molecule has 0 bridgehead atoms. The van der Waals surface area contributed by atoms with Gasteiger partial charge in [0.05, 0.1) is 0 Å². The SMILES string of the molecule is C#Cc1cc2c(cc1CCCCCC)OCO2. The van der Waals surface area contributed by atoms with Crippen molar-refractivity contribution in [3.05, 3.63) is 23.3 Å². The highest BCUT2D eigenvalue weighted by Gasteiger charge is 2.16. The van der Waals surface area contributed by atoms with E-state index in [0.717, 1.165) is 23.5 Å². The van der Waals surface area contributed by atoms with Crippen molar-refractivity contribution in [1.29, 1.82) is 0 Å². The largest absolute Gasteiger partial charge is 0.454 e. The molecule has 0 saturated carbocycles. The standard InChI is InChI=1S/C15H18O2/c1-3-5-6-7-8-13-10-15-14(16-11-17-15)9-12(13)4-2/h2,9-10H,3,5-8,11H2,1H3. The Bertz CT molecular complexity index is 429. The molecule has 90 valence electrons. The Balaban J connectivity index is 2.08. The van der Waals surface area contributed by atoms with E-state index in [1.807, 2.05) is 12.1 Å². The van der Waals surface area contributed by atoms with Crippen molar-refractivity contribution in [3.63, 3.8) is 0 Å². The highest BCUT2D eigenvalue weighted by molar-refractivity contribution is 5.53. The number of fused-ring (bicyclic) bond motifs is 1. The molecular weight excluding hydrogens is 212 g/mol. The molecule has 0 aromatic heterocycles. The topological polar surface area (TPSA) is 18.5 Å². The summed E-state index contributed by atoms with van der Waals surface area (Å²) in [6.07, 6.45) is 11.5. The number of hydrogen-bond acceptors (Lipinski definition) is 2. The summed E-state index contributed by atoms with van der Waals surface area (Å²) in [4.78, 5) is 0. The van der Waals surface area contributed by atoms with Gasteiger partial charge in [0.15, 0.2) is 11.5 Å². The summed E-state index contributed by atoms with van der Waals surface area (Å²) in [5.41, 5.74) is 2.14. The van der Waals surface area contributed by atoms with Crippen molar-refractivity contribution < 1.29 is 9.47 Å². The van der Waals surface area contributed by atoms with E-state index in [-0.39, 0.29) is 0 Å². The van der Waals surface area contributed by atoms with E-state index in [0.29, 0.717) is 6.79 Å². The Labute approximate surface area is 103 Å². The minimum Gasteiger partial charge on any atom is -0.454 e. The van der Waals surface area contributed by atoms with Crippen LogP contribution in [0.25, 0.3) is 0 Å². The van der Waals surface area contributed by atoms with Crippen LogP contribution < -0.4 is 9.47 Å². The number of terminal acetylenes is 1. The van der Waals surface area contributed by atoms with Crippen LogP contribution in [-0.4, -0.2) is 6.79 Å². The van der Waals surface area contributed by atoms with Crippen LogP contribution in [0.1, 0.15) is 43.7 Å². The molecule has 1 aliphatic rings. The third-order valence-electron chi connectivity index (χ3n) is 3.05. The van der Waals surface area contributed by atoms with Gasteiger partial charge < -0.3 is 9.47 Å². The van der Waals surface area contributed by atoms with Crippen LogP contribution in [0.15, 0.2) is 12.1 Å². The van der Waals surface area contributed by atoms with Crippen molar-refractivity contribution in [2.75, 3.05) is 6.79 Å². The maximum Gasteiger partial charge on any atom is 0.231 e. The van der Waals surface area contributed by atoms with E-state index in [2.05, 4.69) is 12.8 Å². The molecule has 0 atom stereocenters. The summed E-state index contributed by atoms with van der Waals surface area (Å²) in [7, 11) is 0. The molecule has 17 heavy (non-hydrogen) atoms. The lowest BCUT2D eigenvalue weighted by atomic mass is 10.0. The third kappa shape index (κ3) is 2.74. The maximum absolute atomic E-state index is 5.53. The average molecular weight is 230 g/mol. The number of aryl methyl sites for hydroxylation is 1. The van der Waals surface area contributed by atoms with Crippen LogP contribution in [0, 0.1) is 12.3 Å². The van der Waals surface area contributed by atoms with Gasteiger partial charge >= 0.3 is 0 Å². The first kappa shape index (κ1) is 11.9. The molecule has 1 aliphatic heterocycles. The average Bonchev–Trinajstić information content (AvgIpc) is 2.80. The second-order valence-corrected chi connectivity index (χ2v) is 4.32. The normalized spacial score (nSPS) is 12.5. The zero-order chi connectivity index (χ0) is 12.1. The zero-order valence-corrected chi connectivity index (χ0v) is 10.3. The van der Waals surface area contributed by atoms with Crippen molar-refractivity contribution in [2.24, 2.45) is 0 Å². The maximum atomic E-state index is 5.53. The predicted octanol–water partition coefficient (Wildman–Crippen LogP) is 3.52. The van der Waals surface area contributed by atoms with Crippen LogP contribution in [0.3, 0.4) is 0 Å². The van der Waals surface area contributed by atoms with Gasteiger partial charge in [-0.05, 0) is 24.5 Å². The molecule has 0 saturated heterocycles. The molecule has 2 nitrogen and oxygen atoms in total. The number of benzene rings is 1. The zero-order valence-electron chi connectivity index (χ0n) is 10.3. The Kier molecular flexibility index (Phi) is 3.93. The molecule has 2 heteroatoms. The van der Waals surface area contributed by atoms with Crippen LogP contribution in [-0.2, 0) is 6.42 Å². The van der Waals surface area contributed by atoms with Crippen LogP contribution in [0.4, 0.5) is 0 Å². The Morgan fingerprint density at radius 2 is 1.94 bits per heavy atom. The van der Waals surface area contributed by atoms with E-state index in [1.54, 1.807) is 0 Å². The fourth-order valence-electron chi connectivity index (χ4n) is 2.07. The van der Waals surface area contributed by atoms with Crippen molar-refractivity contribution in [2.45, 2.75) is 39.0 Å². The number of ether oxygens (including phenoxy) is 2. The number of hydrogen-bond donors (Lipinski definition) is 0. The van der Waals surface area contributed by atoms with Crippen LogP contribution in [0.2, 0.25) is 0 Å². The minimum atomic E-state index is 0.304. The number of rotatable bonds is 5. The van der Waals surface area contributed by atoms with Gasteiger partial charge in [0.2, 0.25) is 6.79 Å². The Hall–Kier alpha value is -1.62. The van der Waals surface area contributed by atoms with E-state index < -0.39 is 0 Å². The van der Waals surface area contributed by atoms with E-state index >= 15 is 0 Å². The second kappa shape index (κ2) is 5.63. The van der Waals surface area contributed by atoms with Crippen LogP contribution >= 0.6 is 0 Å². The monoisotopic (exact) mass is 230 g/mol. The lowest BCUT2D eigenvalue weighted by Gasteiger charge is -2.06. The van der Waals surface area contributed by atoms with Gasteiger partial charge in [-0.25, -0.2) is 0 Å². The van der Waals surface area contributed by atoms with Gasteiger partial charge in [0.25, 0.3) is 0 Å². The first-order chi connectivity index (χ1) is 8.35. The van der Waals surface area contributed by atoms with E-state index in [1.165, 1.54) is 31.2 Å². The lowest BCUT2D eigenvalue weighted by Crippen LogP contribution is -1.93. The molecule has 0 radical (unpaired) electrons. The molecule has 1 aromatic rings. The molecule has 0 N–H and O–H groups in total. The Morgan fingerprint density at radius 1 is 1.18 bits per heavy atom. The van der Waals surface area contributed by atoms with E-state index in [4.69, 9.17) is 15.9 Å². The van der Waals surface area contributed by atoms with Gasteiger partial charge in [0, 0.05) is 11.6 Å². The lowest BCUT2D eigenvalue weighted by molar-refractivity contribution is 0.174. The highest BCUT2D eigenvalue weighted by atomic mass is 16.7. The highest BCUT2D eigenvalue weighted by Crippen LogP contribution is 2.35. The fraction of sp³-hybridized carbons (Fsp3) is 0.467. The molecule has 0 aliphatic carbocycles. The summed E-state index contributed by atoms with van der Waals surface area (Å²) in [6, 6.07) is 3.95. The van der Waals surface area contributed by atoms with Gasteiger partial charge in [-0.2, -0.15) is 0 Å². The van der Waals surface area contributed by atoms with E-state index in [9.17, 15) is 0 Å². The predicted molar refractivity (Wildman–Crippen MR) is 68.3 cm³/mol. The van der Waals surface area contributed by atoms with Gasteiger partial charge in [-0.1, -0.05) is 32.1 Å². The molecule has 0 fully saturated rings. The van der Waals surface area contributed by atoms with Gasteiger partial charge in [-0.15, -0.1) is 6.42 Å². The first-order valence-corrected chi connectivity index (χ1v) is 6.24. The van der Waals surface area contributed by atoms with Gasteiger partial charge in [-0.3, -0.25) is 0 Å². The third-order valence-corrected chi connectivity index (χ3v) is 3.05. The summed E-state index contributed by atoms with van der Waals surface area (Å²) < 4.78 is 10.7. The van der Waals surface area contributed by atoms with Crippen molar-refractivity contribution in [3.8, 4) is 23.8 Å². The fourth-order valence-corrected chi connectivity index (χ4v) is 2.07. The van der Waals surface area contributed by atoms with Crippen molar-refractivity contribution in [1.82, 2.24) is 0 Å². The first-order valence-electron chi connectivity index (χ1n) is 6.24. The molecule has 1 aromatic carbocycles. The van der Waals surface area contributed by atoms with Crippen molar-refractivity contribution >= 4 is 0 Å². The molecule has 0 unspecified atom stereocenters. The summed E-state index contributed by atoms with van der Waals surface area (Å²) in [6.45, 7) is 2.52. The smallest absolute Gasteiger partial charge is 0.231 e. The molecule has 0 spiro atoms. The summed E-state index contributed by atoms with van der Waals surface area (Å²) in [5, 5.41) is 0. The van der Waals surface area contributed by atoms with Gasteiger partial charge in [0.1, 0.15) is 0 Å². The molecule has 1 heterocycles. The molecular formula is C15H18O2. The summed E-state index contributed by atoms with van der Waals surface area (Å²) >= 11 is 0. The quantitative estimate of drug-likeness (QED) is 0.569. The molecule has 2 rings (SSSR count).